The minimum atomic E-state index is -0.929. The van der Waals surface area contributed by atoms with E-state index in [9.17, 15) is 19.5 Å². The number of hydrogen-bond acceptors (Lipinski definition) is 3. The Morgan fingerprint density at radius 2 is 2.00 bits per heavy atom. The second kappa shape index (κ2) is 5.44. The third-order valence-corrected chi connectivity index (χ3v) is 4.54. The number of nitrogens with zero attached hydrogens (tertiary/aromatic N) is 2. The second-order valence-corrected chi connectivity index (χ2v) is 5.90. The van der Waals surface area contributed by atoms with Crippen molar-refractivity contribution in [3.05, 3.63) is 29.8 Å². The summed E-state index contributed by atoms with van der Waals surface area (Å²) < 4.78 is 0. The summed E-state index contributed by atoms with van der Waals surface area (Å²) in [6.45, 7) is 0.709. The van der Waals surface area contributed by atoms with Crippen molar-refractivity contribution in [3.63, 3.8) is 0 Å². The molecule has 1 fully saturated rings. The number of hydrogen-bond donors (Lipinski definition) is 1. The SMILES string of the molecule is CN1CCC(C(=O)N2CC(C(=O)O)c3ccccc32)CC1=O. The molecule has 0 radical (unpaired) electrons. The number of carboxylic acids is 1. The first-order valence-corrected chi connectivity index (χ1v) is 7.36. The van der Waals surface area contributed by atoms with Gasteiger partial charge >= 0.3 is 5.97 Å². The van der Waals surface area contributed by atoms with E-state index in [1.54, 1.807) is 36.2 Å². The number of rotatable bonds is 2. The molecule has 0 bridgehead atoms. The van der Waals surface area contributed by atoms with Crippen LogP contribution in [0.4, 0.5) is 5.69 Å². The molecule has 22 heavy (non-hydrogen) atoms. The number of aliphatic carboxylic acids is 1. The Hall–Kier alpha value is -2.37. The minimum Gasteiger partial charge on any atom is -0.481 e. The van der Waals surface area contributed by atoms with Gasteiger partial charge in [0.15, 0.2) is 0 Å². The number of anilines is 1. The van der Waals surface area contributed by atoms with Crippen molar-refractivity contribution in [1.82, 2.24) is 4.90 Å². The maximum Gasteiger partial charge on any atom is 0.312 e. The highest BCUT2D eigenvalue weighted by Gasteiger charge is 2.40. The lowest BCUT2D eigenvalue weighted by atomic mass is 9.95. The summed E-state index contributed by atoms with van der Waals surface area (Å²) in [7, 11) is 1.73. The highest BCUT2D eigenvalue weighted by Crippen LogP contribution is 2.38. The maximum atomic E-state index is 12.7. The maximum absolute atomic E-state index is 12.7. The fraction of sp³-hybridized carbons (Fsp3) is 0.438. The molecule has 1 aromatic carbocycles. The lowest BCUT2D eigenvalue weighted by Gasteiger charge is -2.30. The molecule has 6 heteroatoms. The summed E-state index contributed by atoms with van der Waals surface area (Å²) in [5.74, 6) is -2.15. The average molecular weight is 302 g/mol. The van der Waals surface area contributed by atoms with Crippen LogP contribution in [-0.4, -0.2) is 47.9 Å². The first kappa shape index (κ1) is 14.6. The van der Waals surface area contributed by atoms with E-state index in [1.165, 1.54) is 4.90 Å². The van der Waals surface area contributed by atoms with Gasteiger partial charge in [-0.15, -0.1) is 0 Å². The predicted octanol–water partition coefficient (Wildman–Crippen LogP) is 1.07. The molecule has 6 nitrogen and oxygen atoms in total. The smallest absolute Gasteiger partial charge is 0.312 e. The fourth-order valence-electron chi connectivity index (χ4n) is 3.20. The van der Waals surface area contributed by atoms with Crippen molar-refractivity contribution in [2.75, 3.05) is 25.0 Å². The third kappa shape index (κ3) is 2.34. The van der Waals surface area contributed by atoms with Crippen molar-refractivity contribution in [2.24, 2.45) is 5.92 Å². The number of amides is 2. The minimum absolute atomic E-state index is 0.0353. The number of likely N-dealkylation sites (tertiary alicyclic amines) is 1. The van der Waals surface area contributed by atoms with Crippen LogP contribution in [0.2, 0.25) is 0 Å². The molecule has 0 spiro atoms. The predicted molar refractivity (Wildman–Crippen MR) is 79.5 cm³/mol. The third-order valence-electron chi connectivity index (χ3n) is 4.54. The van der Waals surface area contributed by atoms with Crippen molar-refractivity contribution in [1.29, 1.82) is 0 Å². The molecule has 116 valence electrons. The zero-order valence-corrected chi connectivity index (χ0v) is 12.4. The van der Waals surface area contributed by atoms with E-state index in [2.05, 4.69) is 0 Å². The van der Waals surface area contributed by atoms with Gasteiger partial charge in [-0.1, -0.05) is 18.2 Å². The average Bonchev–Trinajstić information content (AvgIpc) is 2.89. The van der Waals surface area contributed by atoms with Crippen LogP contribution in [-0.2, 0) is 14.4 Å². The van der Waals surface area contributed by atoms with Gasteiger partial charge in [0.1, 0.15) is 5.92 Å². The van der Waals surface area contributed by atoms with Gasteiger partial charge in [-0.05, 0) is 18.1 Å². The summed E-state index contributed by atoms with van der Waals surface area (Å²) >= 11 is 0. The Morgan fingerprint density at radius 1 is 1.27 bits per heavy atom. The normalized spacial score (nSPS) is 24.3. The highest BCUT2D eigenvalue weighted by molar-refractivity contribution is 6.01. The topological polar surface area (TPSA) is 77.9 Å². The first-order chi connectivity index (χ1) is 10.5. The van der Waals surface area contributed by atoms with E-state index >= 15 is 0 Å². The van der Waals surface area contributed by atoms with Crippen LogP contribution in [0.3, 0.4) is 0 Å². The summed E-state index contributed by atoms with van der Waals surface area (Å²) in [5, 5.41) is 9.35. The molecule has 0 aliphatic carbocycles. The van der Waals surface area contributed by atoms with Gasteiger partial charge in [-0.3, -0.25) is 14.4 Å². The van der Waals surface area contributed by atoms with Crippen LogP contribution >= 0.6 is 0 Å². The van der Waals surface area contributed by atoms with Crippen LogP contribution < -0.4 is 4.90 Å². The highest BCUT2D eigenvalue weighted by atomic mass is 16.4. The van der Waals surface area contributed by atoms with Crippen LogP contribution in [0.5, 0.6) is 0 Å². The summed E-state index contributed by atoms with van der Waals surface area (Å²) in [6, 6.07) is 7.10. The molecule has 1 saturated heterocycles. The Kier molecular flexibility index (Phi) is 3.60. The number of carboxylic acid groups (broad SMARTS) is 1. The van der Waals surface area contributed by atoms with Gasteiger partial charge in [0, 0.05) is 38.2 Å². The largest absolute Gasteiger partial charge is 0.481 e. The monoisotopic (exact) mass is 302 g/mol. The molecule has 2 aliphatic rings. The number of carbonyl (C=O) groups excluding carboxylic acids is 2. The zero-order chi connectivity index (χ0) is 15.9. The van der Waals surface area contributed by atoms with Crippen LogP contribution in [0.15, 0.2) is 24.3 Å². The van der Waals surface area contributed by atoms with Crippen LogP contribution in [0.25, 0.3) is 0 Å². The second-order valence-electron chi connectivity index (χ2n) is 5.90. The standard InChI is InChI=1S/C16H18N2O4/c1-17-7-6-10(8-14(17)19)15(20)18-9-12(16(21)22)11-4-2-3-5-13(11)18/h2-5,10,12H,6-9H2,1H3,(H,21,22). The molecular weight excluding hydrogens is 284 g/mol. The van der Waals surface area contributed by atoms with Crippen molar-refractivity contribution < 1.29 is 19.5 Å². The molecule has 2 aliphatic heterocycles. The first-order valence-electron chi connectivity index (χ1n) is 7.36. The Balaban J connectivity index is 1.85. The van der Waals surface area contributed by atoms with Crippen LogP contribution in [0.1, 0.15) is 24.3 Å². The van der Waals surface area contributed by atoms with E-state index in [1.807, 2.05) is 0 Å². The molecule has 2 atom stereocenters. The quantitative estimate of drug-likeness (QED) is 0.886. The van der Waals surface area contributed by atoms with Gasteiger partial charge in [-0.2, -0.15) is 0 Å². The van der Waals surface area contributed by atoms with Gasteiger partial charge in [0.2, 0.25) is 11.8 Å². The van der Waals surface area contributed by atoms with Crippen molar-refractivity contribution in [3.8, 4) is 0 Å². The number of fused-ring (bicyclic) bond motifs is 1. The fourth-order valence-corrected chi connectivity index (χ4v) is 3.20. The molecule has 3 rings (SSSR count). The molecule has 2 amide bonds. The molecular formula is C16H18N2O4. The molecule has 1 N–H and O–H groups in total. The number of piperidine rings is 1. The lowest BCUT2D eigenvalue weighted by Crippen LogP contribution is -2.43. The van der Waals surface area contributed by atoms with Gasteiger partial charge < -0.3 is 14.9 Å². The van der Waals surface area contributed by atoms with Gasteiger partial charge in [0.05, 0.1) is 0 Å². The number of para-hydroxylation sites is 1. The lowest BCUT2D eigenvalue weighted by molar-refractivity contribution is -0.139. The van der Waals surface area contributed by atoms with E-state index in [0.717, 1.165) is 0 Å². The molecule has 1 aromatic rings. The molecule has 0 aromatic heterocycles. The van der Waals surface area contributed by atoms with Crippen LogP contribution in [0, 0.1) is 5.92 Å². The Bertz CT molecular complexity index is 643. The van der Waals surface area contributed by atoms with Gasteiger partial charge in [-0.25, -0.2) is 0 Å². The summed E-state index contributed by atoms with van der Waals surface area (Å²) in [5.41, 5.74) is 1.33. The number of carbonyl (C=O) groups is 3. The Morgan fingerprint density at radius 3 is 2.68 bits per heavy atom. The van der Waals surface area contributed by atoms with E-state index in [0.29, 0.717) is 24.2 Å². The van der Waals surface area contributed by atoms with Crippen molar-refractivity contribution in [2.45, 2.75) is 18.8 Å². The zero-order valence-electron chi connectivity index (χ0n) is 12.4. The van der Waals surface area contributed by atoms with Crippen molar-refractivity contribution >= 4 is 23.5 Å². The summed E-state index contributed by atoms with van der Waals surface area (Å²) in [4.78, 5) is 39.1. The van der Waals surface area contributed by atoms with Gasteiger partial charge in [0.25, 0.3) is 0 Å². The van der Waals surface area contributed by atoms with E-state index in [4.69, 9.17) is 0 Å². The van der Waals surface area contributed by atoms with E-state index in [-0.39, 0.29) is 30.7 Å². The Labute approximate surface area is 128 Å². The number of benzene rings is 1. The molecule has 0 saturated carbocycles. The van der Waals surface area contributed by atoms with E-state index < -0.39 is 11.9 Å². The molecule has 2 unspecified atom stereocenters. The summed E-state index contributed by atoms with van der Waals surface area (Å²) in [6.07, 6.45) is 0.823. The molecule has 2 heterocycles.